The van der Waals surface area contributed by atoms with Crippen LogP contribution in [0, 0.1) is 0 Å². The second kappa shape index (κ2) is 6.65. The highest BCUT2D eigenvalue weighted by molar-refractivity contribution is 7.89. The van der Waals surface area contributed by atoms with Crippen LogP contribution in [0.25, 0.3) is 0 Å². The van der Waals surface area contributed by atoms with Gasteiger partial charge in [-0.15, -0.1) is 0 Å². The summed E-state index contributed by atoms with van der Waals surface area (Å²) in [6, 6.07) is 0. The number of rotatable bonds is 5. The highest BCUT2D eigenvalue weighted by atomic mass is 32.2. The predicted octanol–water partition coefficient (Wildman–Crippen LogP) is 1.47. The monoisotopic (exact) mass is 383 g/mol. The number of carboxylic acids is 1. The molecule has 2 aromatic rings. The van der Waals surface area contributed by atoms with Crippen molar-refractivity contribution in [3.05, 3.63) is 28.7 Å². The van der Waals surface area contributed by atoms with E-state index in [0.717, 1.165) is 17.0 Å². The lowest BCUT2D eigenvalue weighted by Crippen LogP contribution is -2.40. The Morgan fingerprint density at radius 1 is 1.36 bits per heavy atom. The fourth-order valence-corrected chi connectivity index (χ4v) is 4.38. The number of nitrogens with one attached hydrogen (secondary N) is 1. The van der Waals surface area contributed by atoms with Crippen LogP contribution in [0.5, 0.6) is 0 Å². The molecule has 25 heavy (non-hydrogen) atoms. The van der Waals surface area contributed by atoms with E-state index >= 15 is 0 Å². The fourth-order valence-electron chi connectivity index (χ4n) is 2.47. The molecule has 0 aliphatic carbocycles. The molecule has 0 radical (unpaired) electrons. The van der Waals surface area contributed by atoms with Gasteiger partial charge in [0, 0.05) is 25.1 Å². The van der Waals surface area contributed by atoms with Crippen LogP contribution in [0.3, 0.4) is 0 Å². The molecule has 9 nitrogen and oxygen atoms in total. The van der Waals surface area contributed by atoms with E-state index in [0.29, 0.717) is 29.5 Å². The van der Waals surface area contributed by atoms with Crippen LogP contribution >= 0.6 is 11.3 Å². The maximum absolute atomic E-state index is 12.4. The smallest absolute Gasteiger partial charge is 0.347 e. The van der Waals surface area contributed by atoms with Crippen molar-refractivity contribution in [3.63, 3.8) is 0 Å². The van der Waals surface area contributed by atoms with E-state index in [4.69, 9.17) is 5.11 Å². The lowest BCUT2D eigenvalue weighted by Gasteiger charge is -2.29. The zero-order valence-electron chi connectivity index (χ0n) is 13.6. The summed E-state index contributed by atoms with van der Waals surface area (Å²) >= 11 is 0.984. The molecule has 0 fully saturated rings. The fraction of sp³-hybridized carbons (Fsp3) is 0.429. The van der Waals surface area contributed by atoms with Gasteiger partial charge in [0.05, 0.1) is 17.1 Å². The molecule has 3 rings (SSSR count). The highest BCUT2D eigenvalue weighted by Gasteiger charge is 2.31. The van der Waals surface area contributed by atoms with Crippen LogP contribution < -0.4 is 5.32 Å². The molecule has 0 atom stereocenters. The Hall–Kier alpha value is -2.11. The van der Waals surface area contributed by atoms with Crippen molar-refractivity contribution in [2.24, 2.45) is 0 Å². The first-order valence-corrected chi connectivity index (χ1v) is 9.89. The molecule has 0 amide bonds. The van der Waals surface area contributed by atoms with Crippen molar-refractivity contribution in [2.75, 3.05) is 11.9 Å². The molecule has 0 bridgehead atoms. The number of thiazole rings is 1. The minimum Gasteiger partial charge on any atom is -0.477 e. The van der Waals surface area contributed by atoms with Gasteiger partial charge in [-0.1, -0.05) is 11.3 Å². The van der Waals surface area contributed by atoms with Crippen LogP contribution in [0.15, 0.2) is 12.5 Å². The summed E-state index contributed by atoms with van der Waals surface area (Å²) in [4.78, 5) is 23.5. The normalized spacial score (nSPS) is 15.2. The van der Waals surface area contributed by atoms with Gasteiger partial charge in [0.25, 0.3) is 0 Å². The molecule has 2 N–H and O–H groups in total. The van der Waals surface area contributed by atoms with Gasteiger partial charge in [-0.05, 0) is 13.8 Å². The SMILES string of the molecule is CC(C)S(=O)(=O)N1CCc2ncnc(Nc3ncc(C(=O)O)s3)c2C1. The lowest BCUT2D eigenvalue weighted by atomic mass is 10.1. The summed E-state index contributed by atoms with van der Waals surface area (Å²) in [5.74, 6) is -0.607. The number of nitrogens with zero attached hydrogens (tertiary/aromatic N) is 4. The van der Waals surface area contributed by atoms with Crippen molar-refractivity contribution < 1.29 is 18.3 Å². The standard InChI is InChI=1S/C14H17N5O4S2/c1-8(2)25(22,23)19-4-3-10-9(6-19)12(17-7-16-10)18-14-15-5-11(24-14)13(20)21/h5,7-8H,3-4,6H2,1-2H3,(H,20,21)(H,15,16,17,18). The first kappa shape index (κ1) is 17.7. The van der Waals surface area contributed by atoms with Crippen LogP contribution in [-0.2, 0) is 23.0 Å². The molecular weight excluding hydrogens is 366 g/mol. The molecule has 1 aliphatic rings. The van der Waals surface area contributed by atoms with Gasteiger partial charge in [-0.3, -0.25) is 0 Å². The van der Waals surface area contributed by atoms with Crippen molar-refractivity contribution in [1.29, 1.82) is 0 Å². The van der Waals surface area contributed by atoms with Gasteiger partial charge in [-0.25, -0.2) is 28.2 Å². The summed E-state index contributed by atoms with van der Waals surface area (Å²) in [6.45, 7) is 3.85. The number of sulfonamides is 1. The Bertz CT molecular complexity index is 910. The number of carbonyl (C=O) groups is 1. The van der Waals surface area contributed by atoms with Crippen molar-refractivity contribution in [1.82, 2.24) is 19.3 Å². The van der Waals surface area contributed by atoms with Crippen molar-refractivity contribution in [3.8, 4) is 0 Å². The van der Waals surface area contributed by atoms with Crippen LogP contribution in [-0.4, -0.2) is 50.5 Å². The summed E-state index contributed by atoms with van der Waals surface area (Å²) in [5, 5.41) is 11.8. The zero-order valence-corrected chi connectivity index (χ0v) is 15.3. The summed E-state index contributed by atoms with van der Waals surface area (Å²) in [6.07, 6.45) is 3.16. The summed E-state index contributed by atoms with van der Waals surface area (Å²) < 4.78 is 26.3. The Kier molecular flexibility index (Phi) is 4.71. The summed E-state index contributed by atoms with van der Waals surface area (Å²) in [5.41, 5.74) is 1.47. The van der Waals surface area contributed by atoms with Gasteiger partial charge in [-0.2, -0.15) is 4.31 Å². The topological polar surface area (TPSA) is 125 Å². The Morgan fingerprint density at radius 3 is 2.76 bits per heavy atom. The second-order valence-electron chi connectivity index (χ2n) is 5.78. The van der Waals surface area contributed by atoms with Crippen molar-refractivity contribution in [2.45, 2.75) is 32.1 Å². The first-order chi connectivity index (χ1) is 11.8. The third kappa shape index (κ3) is 3.48. The molecule has 134 valence electrons. The molecule has 0 aromatic carbocycles. The minimum absolute atomic E-state index is 0.106. The second-order valence-corrected chi connectivity index (χ2v) is 9.30. The molecule has 1 aliphatic heterocycles. The lowest BCUT2D eigenvalue weighted by molar-refractivity contribution is 0.0702. The van der Waals surface area contributed by atoms with Crippen LogP contribution in [0.1, 0.15) is 34.8 Å². The molecule has 0 saturated carbocycles. The van der Waals surface area contributed by atoms with E-state index in [1.54, 1.807) is 13.8 Å². The van der Waals surface area contributed by atoms with Crippen molar-refractivity contribution >= 4 is 38.3 Å². The first-order valence-electron chi connectivity index (χ1n) is 7.57. The Labute approximate surface area is 148 Å². The number of hydrogen-bond acceptors (Lipinski definition) is 8. The number of aromatic nitrogens is 3. The third-order valence-corrected chi connectivity index (χ3v) is 6.99. The number of carboxylic acid groups (broad SMARTS) is 1. The average molecular weight is 383 g/mol. The predicted molar refractivity (Wildman–Crippen MR) is 92.6 cm³/mol. The number of anilines is 2. The van der Waals surface area contributed by atoms with E-state index in [-0.39, 0.29) is 11.4 Å². The molecular formula is C14H17N5O4S2. The van der Waals surface area contributed by atoms with E-state index in [2.05, 4.69) is 20.3 Å². The van der Waals surface area contributed by atoms with Gasteiger partial charge in [0.1, 0.15) is 17.0 Å². The van der Waals surface area contributed by atoms with Gasteiger partial charge in [0.15, 0.2) is 5.13 Å². The van der Waals surface area contributed by atoms with Crippen LogP contribution in [0.2, 0.25) is 0 Å². The van der Waals surface area contributed by atoms with E-state index < -0.39 is 21.2 Å². The largest absolute Gasteiger partial charge is 0.477 e. The highest BCUT2D eigenvalue weighted by Crippen LogP contribution is 2.29. The van der Waals surface area contributed by atoms with Gasteiger partial charge >= 0.3 is 5.97 Å². The molecule has 2 aromatic heterocycles. The number of hydrogen-bond donors (Lipinski definition) is 2. The van der Waals surface area contributed by atoms with E-state index in [9.17, 15) is 13.2 Å². The third-order valence-electron chi connectivity index (χ3n) is 3.86. The van der Waals surface area contributed by atoms with Gasteiger partial charge in [0.2, 0.25) is 10.0 Å². The molecule has 0 unspecified atom stereocenters. The maximum Gasteiger partial charge on any atom is 0.347 e. The molecule has 3 heterocycles. The maximum atomic E-state index is 12.4. The summed E-state index contributed by atoms with van der Waals surface area (Å²) in [7, 11) is -3.38. The van der Waals surface area contributed by atoms with E-state index in [1.807, 2.05) is 0 Å². The number of fused-ring (bicyclic) bond motifs is 1. The number of aromatic carboxylic acids is 1. The van der Waals surface area contributed by atoms with E-state index in [1.165, 1.54) is 16.8 Å². The molecule has 0 spiro atoms. The van der Waals surface area contributed by atoms with Gasteiger partial charge < -0.3 is 10.4 Å². The Morgan fingerprint density at radius 2 is 2.12 bits per heavy atom. The molecule has 0 saturated heterocycles. The minimum atomic E-state index is -3.38. The quantitative estimate of drug-likeness (QED) is 0.795. The average Bonchev–Trinajstić information content (AvgIpc) is 3.03. The van der Waals surface area contributed by atoms with Crippen LogP contribution in [0.4, 0.5) is 10.9 Å². The Balaban J connectivity index is 1.90. The molecule has 11 heteroatoms. The zero-order chi connectivity index (χ0) is 18.2.